The zero-order chi connectivity index (χ0) is 27.9. The number of rotatable bonds is 6. The fourth-order valence-corrected chi connectivity index (χ4v) is 4.15. The summed E-state index contributed by atoms with van der Waals surface area (Å²) in [6.45, 7) is 9.34. The second-order valence-corrected chi connectivity index (χ2v) is 10.0. The molecule has 0 aliphatic heterocycles. The first-order valence-electron chi connectivity index (χ1n) is 11.8. The minimum absolute atomic E-state index is 0.0406. The number of benzene rings is 2. The highest BCUT2D eigenvalue weighted by molar-refractivity contribution is 6.32. The Labute approximate surface area is 223 Å². The van der Waals surface area contributed by atoms with Crippen molar-refractivity contribution in [2.75, 3.05) is 0 Å². The van der Waals surface area contributed by atoms with Crippen LogP contribution in [-0.4, -0.2) is 24.6 Å². The lowest BCUT2D eigenvalue weighted by atomic mass is 10.0. The second-order valence-electron chi connectivity index (χ2n) is 9.61. The van der Waals surface area contributed by atoms with Crippen LogP contribution in [0.25, 0.3) is 16.9 Å². The molecule has 10 heteroatoms. The number of ether oxygens (including phenoxy) is 1. The van der Waals surface area contributed by atoms with Crippen LogP contribution in [0.5, 0.6) is 5.88 Å². The Bertz CT molecular complexity index is 1610. The summed E-state index contributed by atoms with van der Waals surface area (Å²) in [5.74, 6) is -0.758. The molecular formula is C28H27ClF2N4O3. The van der Waals surface area contributed by atoms with Crippen molar-refractivity contribution in [1.82, 2.24) is 19.5 Å². The van der Waals surface area contributed by atoms with Crippen molar-refractivity contribution in [2.24, 2.45) is 0 Å². The van der Waals surface area contributed by atoms with Gasteiger partial charge in [-0.05, 0) is 71.4 Å². The maximum absolute atomic E-state index is 14.4. The second kappa shape index (κ2) is 10.2. The lowest BCUT2D eigenvalue weighted by Crippen LogP contribution is -2.25. The summed E-state index contributed by atoms with van der Waals surface area (Å²) in [4.78, 5) is 26.6. The molecule has 0 bridgehead atoms. The van der Waals surface area contributed by atoms with Crippen LogP contribution in [0.4, 0.5) is 8.78 Å². The third-order valence-corrected chi connectivity index (χ3v) is 6.50. The van der Waals surface area contributed by atoms with Gasteiger partial charge in [0.15, 0.2) is 5.82 Å². The van der Waals surface area contributed by atoms with Crippen molar-refractivity contribution in [3.8, 4) is 22.8 Å². The number of aromatic nitrogens is 4. The fourth-order valence-electron chi connectivity index (χ4n) is 3.95. The van der Waals surface area contributed by atoms with E-state index in [4.69, 9.17) is 16.3 Å². The Kier molecular flexibility index (Phi) is 7.36. The summed E-state index contributed by atoms with van der Waals surface area (Å²) in [5.41, 5.74) is 0.991. The molecule has 0 radical (unpaired) electrons. The van der Waals surface area contributed by atoms with Crippen LogP contribution in [-0.2, 0) is 12.2 Å². The van der Waals surface area contributed by atoms with E-state index in [0.717, 1.165) is 5.56 Å². The number of nitrogens with zero attached hydrogens (tertiary/aromatic N) is 4. The number of aliphatic hydroxyl groups is 1. The van der Waals surface area contributed by atoms with Crippen molar-refractivity contribution in [2.45, 2.75) is 53.8 Å². The van der Waals surface area contributed by atoms with E-state index < -0.39 is 22.8 Å². The monoisotopic (exact) mass is 540 g/mol. The Morgan fingerprint density at radius 3 is 2.45 bits per heavy atom. The number of halogens is 3. The molecule has 0 amide bonds. The lowest BCUT2D eigenvalue weighted by molar-refractivity contribution is 0.0688. The molecule has 7 nitrogen and oxygen atoms in total. The minimum Gasteiger partial charge on any atom is -0.472 e. The topological polar surface area (TPSA) is 90.1 Å². The zero-order valence-corrected chi connectivity index (χ0v) is 22.6. The van der Waals surface area contributed by atoms with Gasteiger partial charge in [0.25, 0.3) is 5.56 Å². The van der Waals surface area contributed by atoms with Gasteiger partial charge in [0.2, 0.25) is 5.88 Å². The van der Waals surface area contributed by atoms with Crippen LogP contribution in [0.2, 0.25) is 5.02 Å². The molecule has 0 unspecified atom stereocenters. The van der Waals surface area contributed by atoms with Crippen molar-refractivity contribution in [3.05, 3.63) is 97.4 Å². The van der Waals surface area contributed by atoms with Crippen molar-refractivity contribution >= 4 is 11.6 Å². The fraction of sp³-hybridized carbons (Fsp3) is 0.286. The molecule has 4 aromatic rings. The maximum Gasteiger partial charge on any atom is 0.264 e. The summed E-state index contributed by atoms with van der Waals surface area (Å²) < 4.78 is 35.0. The molecule has 0 saturated carbocycles. The summed E-state index contributed by atoms with van der Waals surface area (Å²) in [7, 11) is 0. The lowest BCUT2D eigenvalue weighted by Gasteiger charge is -2.18. The van der Waals surface area contributed by atoms with Gasteiger partial charge < -0.3 is 9.84 Å². The van der Waals surface area contributed by atoms with Crippen LogP contribution in [0.15, 0.2) is 41.3 Å². The molecule has 2 aromatic carbocycles. The van der Waals surface area contributed by atoms with E-state index in [-0.39, 0.29) is 35.0 Å². The normalized spacial score (nSPS) is 11.6. The van der Waals surface area contributed by atoms with E-state index in [9.17, 15) is 18.7 Å². The summed E-state index contributed by atoms with van der Waals surface area (Å²) in [5, 5.41) is 10.7. The largest absolute Gasteiger partial charge is 0.472 e. The molecule has 4 rings (SSSR count). The maximum atomic E-state index is 14.4. The van der Waals surface area contributed by atoms with E-state index in [1.807, 2.05) is 6.92 Å². The molecular weight excluding hydrogens is 514 g/mol. The van der Waals surface area contributed by atoms with Gasteiger partial charge in [-0.25, -0.2) is 18.7 Å². The molecule has 0 saturated heterocycles. The Morgan fingerprint density at radius 2 is 1.76 bits per heavy atom. The smallest absolute Gasteiger partial charge is 0.264 e. The van der Waals surface area contributed by atoms with Crippen molar-refractivity contribution in [1.29, 1.82) is 0 Å². The van der Waals surface area contributed by atoms with E-state index >= 15 is 0 Å². The third kappa shape index (κ3) is 5.16. The van der Waals surface area contributed by atoms with Gasteiger partial charge in [-0.1, -0.05) is 17.7 Å². The molecule has 38 heavy (non-hydrogen) atoms. The summed E-state index contributed by atoms with van der Waals surface area (Å²) in [6, 6.07) is 7.61. The minimum atomic E-state index is -1.24. The molecule has 1 N–H and O–H groups in total. The first-order chi connectivity index (χ1) is 17.8. The van der Waals surface area contributed by atoms with Gasteiger partial charge in [0.05, 0.1) is 22.0 Å². The molecule has 2 aromatic heterocycles. The van der Waals surface area contributed by atoms with Gasteiger partial charge in [-0.2, -0.15) is 4.98 Å². The first-order valence-corrected chi connectivity index (χ1v) is 12.2. The molecule has 2 heterocycles. The Balaban J connectivity index is 1.75. The van der Waals surface area contributed by atoms with Crippen LogP contribution in [0, 0.1) is 39.3 Å². The molecule has 0 fully saturated rings. The van der Waals surface area contributed by atoms with E-state index in [1.165, 1.54) is 23.6 Å². The molecule has 198 valence electrons. The Hall–Kier alpha value is -3.69. The average Bonchev–Trinajstić information content (AvgIpc) is 2.85. The summed E-state index contributed by atoms with van der Waals surface area (Å²) in [6.07, 6.45) is 1.63. The third-order valence-electron chi connectivity index (χ3n) is 6.18. The molecule has 0 atom stereocenters. The molecule has 0 aliphatic carbocycles. The molecule has 0 spiro atoms. The van der Waals surface area contributed by atoms with Crippen molar-refractivity contribution < 1.29 is 18.6 Å². The summed E-state index contributed by atoms with van der Waals surface area (Å²) >= 11 is 6.52. The van der Waals surface area contributed by atoms with E-state index in [0.29, 0.717) is 27.8 Å². The highest BCUT2D eigenvalue weighted by atomic mass is 35.5. The average molecular weight is 541 g/mol. The van der Waals surface area contributed by atoms with Crippen molar-refractivity contribution in [3.63, 3.8) is 0 Å². The van der Waals surface area contributed by atoms with Crippen LogP contribution in [0.3, 0.4) is 0 Å². The predicted molar refractivity (Wildman–Crippen MR) is 141 cm³/mol. The first kappa shape index (κ1) is 27.3. The van der Waals surface area contributed by atoms with Crippen LogP contribution >= 0.6 is 11.6 Å². The number of hydrogen-bond donors (Lipinski definition) is 1. The van der Waals surface area contributed by atoms with E-state index in [1.54, 1.807) is 52.1 Å². The Morgan fingerprint density at radius 1 is 1.05 bits per heavy atom. The van der Waals surface area contributed by atoms with Gasteiger partial charge in [0.1, 0.15) is 29.7 Å². The quantitative estimate of drug-likeness (QED) is 0.339. The number of aryl methyl sites for hydroxylation is 2. The van der Waals surface area contributed by atoms with Gasteiger partial charge in [-0.15, -0.1) is 0 Å². The molecule has 0 aliphatic rings. The SMILES string of the molecule is Cc1cnc(C(C)(C)O)nc1-c1ccc(Cl)c(-n2c(C)nc(OCc3ccc(F)c(C)c3F)c(C)c2=O)c1. The van der Waals surface area contributed by atoms with Gasteiger partial charge in [0, 0.05) is 22.9 Å². The van der Waals surface area contributed by atoms with Gasteiger partial charge >= 0.3 is 0 Å². The van der Waals surface area contributed by atoms with Gasteiger partial charge in [-0.3, -0.25) is 9.36 Å². The number of hydrogen-bond acceptors (Lipinski definition) is 6. The zero-order valence-electron chi connectivity index (χ0n) is 21.9. The van der Waals surface area contributed by atoms with Crippen LogP contribution in [0.1, 0.15) is 47.8 Å². The highest BCUT2D eigenvalue weighted by Crippen LogP contribution is 2.30. The van der Waals surface area contributed by atoms with E-state index in [2.05, 4.69) is 15.0 Å². The predicted octanol–water partition coefficient (Wildman–Crippen LogP) is 5.66. The highest BCUT2D eigenvalue weighted by Gasteiger charge is 2.22. The van der Waals surface area contributed by atoms with Crippen LogP contribution < -0.4 is 10.3 Å². The standard InChI is InChI=1S/C28H27ClF2N4O3/c1-14-12-32-27(28(5,6)37)34-24(14)18-7-9-20(29)22(11-18)35-17(4)33-25(16(3)26(35)36)38-13-19-8-10-21(30)15(2)23(19)31/h7-12,37H,13H2,1-6H3.